The van der Waals surface area contributed by atoms with E-state index in [1.54, 1.807) is 0 Å². The van der Waals surface area contributed by atoms with Crippen LogP contribution in [-0.4, -0.2) is 6.29 Å². The topological polar surface area (TPSA) is 17.1 Å². The molecule has 1 aromatic rings. The van der Waals surface area contributed by atoms with Gasteiger partial charge in [0.2, 0.25) is 0 Å². The Labute approximate surface area is 122 Å². The van der Waals surface area contributed by atoms with Gasteiger partial charge in [-0.25, -0.2) is 0 Å². The van der Waals surface area contributed by atoms with Gasteiger partial charge in [0.15, 0.2) is 0 Å². The van der Waals surface area contributed by atoms with Crippen molar-refractivity contribution in [3.8, 4) is 0 Å². The fraction of sp³-hybridized carbons (Fsp3) is 0.632. The Morgan fingerprint density at radius 3 is 2.20 bits per heavy atom. The van der Waals surface area contributed by atoms with Crippen LogP contribution in [0.5, 0.6) is 0 Å². The van der Waals surface area contributed by atoms with E-state index in [1.807, 2.05) is 0 Å². The molecule has 0 bridgehead atoms. The van der Waals surface area contributed by atoms with Crippen molar-refractivity contribution in [1.82, 2.24) is 0 Å². The van der Waals surface area contributed by atoms with E-state index in [1.165, 1.54) is 48.7 Å². The average molecular weight is 270 g/mol. The number of fused-ring (bicyclic) bond motifs is 1. The Morgan fingerprint density at radius 2 is 1.65 bits per heavy atom. The number of rotatable bonds is 3. The van der Waals surface area contributed by atoms with Crippen molar-refractivity contribution in [2.45, 2.75) is 70.1 Å². The molecule has 1 nitrogen and oxygen atoms in total. The third-order valence-electron chi connectivity index (χ3n) is 5.54. The van der Waals surface area contributed by atoms with Crippen LogP contribution in [0.15, 0.2) is 18.2 Å². The van der Waals surface area contributed by atoms with Gasteiger partial charge in [0.25, 0.3) is 0 Å². The van der Waals surface area contributed by atoms with E-state index in [4.69, 9.17) is 0 Å². The Morgan fingerprint density at radius 1 is 1.05 bits per heavy atom. The Hall–Kier alpha value is -1.11. The van der Waals surface area contributed by atoms with Gasteiger partial charge in [-0.2, -0.15) is 0 Å². The molecule has 0 aliphatic heterocycles. The molecule has 1 fully saturated rings. The van der Waals surface area contributed by atoms with Crippen LogP contribution in [0.25, 0.3) is 0 Å². The second kappa shape index (κ2) is 4.44. The first-order valence-electron chi connectivity index (χ1n) is 7.95. The lowest BCUT2D eigenvalue weighted by Crippen LogP contribution is -2.34. The van der Waals surface area contributed by atoms with Gasteiger partial charge in [-0.05, 0) is 59.1 Å². The summed E-state index contributed by atoms with van der Waals surface area (Å²) in [6, 6.07) is 6.84. The van der Waals surface area contributed by atoms with E-state index >= 15 is 0 Å². The lowest BCUT2D eigenvalue weighted by Gasteiger charge is -2.42. The highest BCUT2D eigenvalue weighted by atomic mass is 16.1. The van der Waals surface area contributed by atoms with E-state index in [0.717, 1.165) is 0 Å². The molecule has 2 aliphatic carbocycles. The number of hydrogen-bond acceptors (Lipinski definition) is 1. The van der Waals surface area contributed by atoms with Gasteiger partial charge in [-0.3, -0.25) is 0 Å². The van der Waals surface area contributed by atoms with Crippen molar-refractivity contribution < 1.29 is 4.79 Å². The third kappa shape index (κ3) is 2.21. The predicted molar refractivity (Wildman–Crippen MR) is 83.3 cm³/mol. The highest BCUT2D eigenvalue weighted by molar-refractivity contribution is 5.64. The molecule has 108 valence electrons. The van der Waals surface area contributed by atoms with E-state index in [9.17, 15) is 4.79 Å². The number of benzene rings is 1. The van der Waals surface area contributed by atoms with Crippen LogP contribution in [-0.2, 0) is 15.6 Å². The van der Waals surface area contributed by atoms with Crippen molar-refractivity contribution in [3.63, 3.8) is 0 Å². The van der Waals surface area contributed by atoms with Crippen molar-refractivity contribution in [2.75, 3.05) is 0 Å². The summed E-state index contributed by atoms with van der Waals surface area (Å²) >= 11 is 0. The number of carbonyl (C=O) groups is 1. The average Bonchev–Trinajstić information content (AvgIpc) is 3.21. The fourth-order valence-electron chi connectivity index (χ4n) is 3.73. The van der Waals surface area contributed by atoms with E-state index in [2.05, 4.69) is 45.9 Å². The van der Waals surface area contributed by atoms with Crippen LogP contribution in [0.1, 0.15) is 76.0 Å². The first-order valence-corrected chi connectivity index (χ1v) is 7.95. The van der Waals surface area contributed by atoms with Crippen molar-refractivity contribution in [2.24, 2.45) is 5.92 Å². The quantitative estimate of drug-likeness (QED) is 0.726. The molecule has 1 unspecified atom stereocenters. The lowest BCUT2D eigenvalue weighted by molar-refractivity contribution is -0.109. The molecule has 0 N–H and O–H groups in total. The minimum Gasteiger partial charge on any atom is -0.303 e. The highest BCUT2D eigenvalue weighted by Crippen LogP contribution is 2.48. The third-order valence-corrected chi connectivity index (χ3v) is 5.54. The largest absolute Gasteiger partial charge is 0.303 e. The standard InChI is InChI=1S/C19H26O/c1-18(2)9-10-19(3,4)17-11-14(7-8-16(17)18)15(12-20)13-5-6-13/h7-8,11-13,15H,5-6,9-10H2,1-4H3. The minimum atomic E-state index is 0.126. The second-order valence-electron chi connectivity index (χ2n) is 8.07. The van der Waals surface area contributed by atoms with Crippen molar-refractivity contribution in [1.29, 1.82) is 0 Å². The highest BCUT2D eigenvalue weighted by Gasteiger charge is 2.38. The summed E-state index contributed by atoms with van der Waals surface area (Å²) < 4.78 is 0. The first kappa shape index (κ1) is 13.9. The summed E-state index contributed by atoms with van der Waals surface area (Å²) in [5, 5.41) is 0. The van der Waals surface area contributed by atoms with E-state index in [0.29, 0.717) is 5.92 Å². The summed E-state index contributed by atoms with van der Waals surface area (Å²) in [7, 11) is 0. The molecule has 0 spiro atoms. The molecule has 0 radical (unpaired) electrons. The van der Waals surface area contributed by atoms with E-state index < -0.39 is 0 Å². The molecule has 0 aromatic heterocycles. The molecule has 1 atom stereocenters. The van der Waals surface area contributed by atoms with Crippen LogP contribution in [0.2, 0.25) is 0 Å². The number of aldehydes is 1. The van der Waals surface area contributed by atoms with Gasteiger partial charge in [-0.1, -0.05) is 45.9 Å². The van der Waals surface area contributed by atoms with Crippen molar-refractivity contribution >= 4 is 6.29 Å². The maximum atomic E-state index is 11.4. The zero-order chi connectivity index (χ0) is 14.5. The first-order chi connectivity index (χ1) is 9.35. The summed E-state index contributed by atoms with van der Waals surface area (Å²) in [5.74, 6) is 0.728. The molecule has 3 rings (SSSR count). The minimum absolute atomic E-state index is 0.126. The van der Waals surface area contributed by atoms with Crippen LogP contribution >= 0.6 is 0 Å². The summed E-state index contributed by atoms with van der Waals surface area (Å²) in [6.07, 6.45) is 6.07. The molecule has 1 heteroatoms. The van der Waals surface area contributed by atoms with Gasteiger partial charge in [-0.15, -0.1) is 0 Å². The maximum absolute atomic E-state index is 11.4. The normalized spacial score (nSPS) is 24.8. The van der Waals surface area contributed by atoms with E-state index in [-0.39, 0.29) is 16.7 Å². The van der Waals surface area contributed by atoms with Crippen LogP contribution < -0.4 is 0 Å². The van der Waals surface area contributed by atoms with Crippen LogP contribution in [0, 0.1) is 5.92 Å². The molecule has 1 saturated carbocycles. The molecule has 20 heavy (non-hydrogen) atoms. The summed E-state index contributed by atoms with van der Waals surface area (Å²) in [5.41, 5.74) is 4.70. The summed E-state index contributed by atoms with van der Waals surface area (Å²) in [6.45, 7) is 9.38. The smallest absolute Gasteiger partial charge is 0.127 e. The molecule has 0 saturated heterocycles. The predicted octanol–water partition coefficient (Wildman–Crippen LogP) is 4.73. The Bertz CT molecular complexity index is 535. The van der Waals surface area contributed by atoms with Crippen molar-refractivity contribution in [3.05, 3.63) is 34.9 Å². The molecule has 1 aromatic carbocycles. The number of hydrogen-bond donors (Lipinski definition) is 0. The van der Waals surface area contributed by atoms with Crippen LogP contribution in [0.3, 0.4) is 0 Å². The molecular weight excluding hydrogens is 244 g/mol. The van der Waals surface area contributed by atoms with Gasteiger partial charge < -0.3 is 4.79 Å². The summed E-state index contributed by atoms with van der Waals surface area (Å²) in [4.78, 5) is 11.4. The SMILES string of the molecule is CC1(C)CCC(C)(C)c2cc(C(C=O)C3CC3)ccc21. The second-order valence-corrected chi connectivity index (χ2v) is 8.07. The lowest BCUT2D eigenvalue weighted by atomic mass is 9.62. The van der Waals surface area contributed by atoms with Gasteiger partial charge in [0.05, 0.1) is 0 Å². The molecule has 2 aliphatic rings. The molecular formula is C19H26O. The maximum Gasteiger partial charge on any atom is 0.127 e. The molecule has 0 amide bonds. The molecule has 0 heterocycles. The Balaban J connectivity index is 2.08. The van der Waals surface area contributed by atoms with Crippen LogP contribution in [0.4, 0.5) is 0 Å². The van der Waals surface area contributed by atoms with Gasteiger partial charge in [0, 0.05) is 5.92 Å². The zero-order valence-corrected chi connectivity index (χ0v) is 13.2. The monoisotopic (exact) mass is 270 g/mol. The van der Waals surface area contributed by atoms with Gasteiger partial charge >= 0.3 is 0 Å². The Kier molecular flexibility index (Phi) is 3.08. The number of carbonyl (C=O) groups excluding carboxylic acids is 1. The fourth-order valence-corrected chi connectivity index (χ4v) is 3.73. The van der Waals surface area contributed by atoms with Gasteiger partial charge in [0.1, 0.15) is 6.29 Å². The zero-order valence-electron chi connectivity index (χ0n) is 13.2.